The van der Waals surface area contributed by atoms with Crippen LogP contribution in [0.5, 0.6) is 0 Å². The highest BCUT2D eigenvalue weighted by Gasteiger charge is 2.20. The third-order valence-corrected chi connectivity index (χ3v) is 4.25. The molecule has 2 heterocycles. The third-order valence-electron chi connectivity index (χ3n) is 3.73. The maximum atomic E-state index is 12.4. The number of ether oxygens (including phenoxy) is 1. The smallest absolute Gasteiger partial charge is 0.355 e. The molecule has 5 nitrogen and oxygen atoms in total. The van der Waals surface area contributed by atoms with Gasteiger partial charge in [-0.2, -0.15) is 5.26 Å². The van der Waals surface area contributed by atoms with E-state index in [9.17, 15) is 10.1 Å². The summed E-state index contributed by atoms with van der Waals surface area (Å²) in [5.74, 6) is -0.533. The van der Waals surface area contributed by atoms with Gasteiger partial charge in [0.2, 0.25) is 0 Å². The van der Waals surface area contributed by atoms with Gasteiger partial charge in [0.25, 0.3) is 0 Å². The number of rotatable bonds is 4. The Hall–Kier alpha value is -2.81. The number of aromatic nitrogens is 2. The standard InChI is InChI=1S/C19H13Cl2N3O2/c1-2-26-19(25)18-14(7-12(10-22)11-3-5-23-6-4-11)17-15(21)8-13(20)9-16(17)24-18/h3-9,24H,2H2,1H3/b12-7-. The molecule has 26 heavy (non-hydrogen) atoms. The van der Waals surface area contributed by atoms with Crippen LogP contribution in [0, 0.1) is 11.3 Å². The van der Waals surface area contributed by atoms with Gasteiger partial charge in [0, 0.05) is 33.9 Å². The van der Waals surface area contributed by atoms with E-state index in [2.05, 4.69) is 16.0 Å². The number of nitrogens with zero attached hydrogens (tertiary/aromatic N) is 2. The first-order valence-corrected chi connectivity index (χ1v) is 8.50. The zero-order valence-electron chi connectivity index (χ0n) is 13.7. The van der Waals surface area contributed by atoms with E-state index in [0.29, 0.717) is 37.6 Å². The van der Waals surface area contributed by atoms with E-state index in [-0.39, 0.29) is 12.3 Å². The van der Waals surface area contributed by atoms with Gasteiger partial charge in [0.1, 0.15) is 5.69 Å². The number of halogens is 2. The van der Waals surface area contributed by atoms with E-state index < -0.39 is 5.97 Å². The van der Waals surface area contributed by atoms with E-state index >= 15 is 0 Å². The van der Waals surface area contributed by atoms with Crippen LogP contribution in [0.25, 0.3) is 22.6 Å². The first-order valence-electron chi connectivity index (χ1n) is 7.75. The number of allylic oxidation sites excluding steroid dienone is 1. The van der Waals surface area contributed by atoms with E-state index in [1.54, 1.807) is 49.7 Å². The molecular weight excluding hydrogens is 373 g/mol. The van der Waals surface area contributed by atoms with Crippen LogP contribution in [0.1, 0.15) is 28.5 Å². The van der Waals surface area contributed by atoms with Crippen LogP contribution in [-0.4, -0.2) is 22.5 Å². The van der Waals surface area contributed by atoms with E-state index in [4.69, 9.17) is 27.9 Å². The van der Waals surface area contributed by atoms with Crippen molar-refractivity contribution in [3.8, 4) is 6.07 Å². The average molecular weight is 386 g/mol. The van der Waals surface area contributed by atoms with Gasteiger partial charge in [0.05, 0.1) is 23.3 Å². The maximum absolute atomic E-state index is 12.4. The van der Waals surface area contributed by atoms with Gasteiger partial charge in [-0.15, -0.1) is 0 Å². The number of benzene rings is 1. The van der Waals surface area contributed by atoms with Crippen molar-refractivity contribution >= 4 is 51.7 Å². The van der Waals surface area contributed by atoms with Crippen molar-refractivity contribution in [2.24, 2.45) is 0 Å². The summed E-state index contributed by atoms with van der Waals surface area (Å²) >= 11 is 12.4. The summed E-state index contributed by atoms with van der Waals surface area (Å²) in [6.45, 7) is 1.94. The number of aromatic amines is 1. The van der Waals surface area contributed by atoms with Crippen LogP contribution >= 0.6 is 23.2 Å². The summed E-state index contributed by atoms with van der Waals surface area (Å²) < 4.78 is 5.12. The van der Waals surface area contributed by atoms with Crippen LogP contribution in [0.3, 0.4) is 0 Å². The zero-order valence-corrected chi connectivity index (χ0v) is 15.2. The molecule has 1 aromatic carbocycles. The highest BCUT2D eigenvalue weighted by Crippen LogP contribution is 2.35. The predicted octanol–water partition coefficient (Wildman–Crippen LogP) is 5.11. The molecule has 0 unspecified atom stereocenters. The first kappa shape index (κ1) is 18.0. The second kappa shape index (κ2) is 7.61. The molecule has 130 valence electrons. The molecule has 0 radical (unpaired) electrons. The summed E-state index contributed by atoms with van der Waals surface area (Å²) in [5, 5.41) is 11.0. The number of carbonyl (C=O) groups excluding carboxylic acids is 1. The molecule has 0 saturated carbocycles. The number of carbonyl (C=O) groups is 1. The van der Waals surface area contributed by atoms with E-state index in [1.807, 2.05) is 0 Å². The van der Waals surface area contributed by atoms with Crippen LogP contribution < -0.4 is 0 Å². The van der Waals surface area contributed by atoms with Gasteiger partial charge in [-0.3, -0.25) is 4.98 Å². The lowest BCUT2D eigenvalue weighted by Crippen LogP contribution is -2.06. The number of hydrogen-bond donors (Lipinski definition) is 1. The van der Waals surface area contributed by atoms with Gasteiger partial charge >= 0.3 is 5.97 Å². The molecule has 3 rings (SSSR count). The fraction of sp³-hybridized carbons (Fsp3) is 0.105. The van der Waals surface area contributed by atoms with Crippen molar-refractivity contribution in [3.05, 3.63) is 63.5 Å². The number of nitrogens with one attached hydrogen (secondary N) is 1. The summed E-state index contributed by atoms with van der Waals surface area (Å²) in [6, 6.07) is 8.83. The molecule has 3 aromatic rings. The molecule has 0 fully saturated rings. The van der Waals surface area contributed by atoms with Crippen LogP contribution in [-0.2, 0) is 4.74 Å². The molecule has 0 atom stereocenters. The zero-order chi connectivity index (χ0) is 18.7. The topological polar surface area (TPSA) is 78.8 Å². The number of fused-ring (bicyclic) bond motifs is 1. The van der Waals surface area contributed by atoms with Crippen molar-refractivity contribution in [2.75, 3.05) is 6.61 Å². The number of nitriles is 1. The number of H-pyrrole nitrogens is 1. The van der Waals surface area contributed by atoms with Crippen molar-refractivity contribution in [3.63, 3.8) is 0 Å². The molecule has 7 heteroatoms. The molecule has 2 aromatic heterocycles. The van der Waals surface area contributed by atoms with Crippen molar-refractivity contribution in [1.82, 2.24) is 9.97 Å². The van der Waals surface area contributed by atoms with Gasteiger partial charge in [0.15, 0.2) is 0 Å². The fourth-order valence-electron chi connectivity index (χ4n) is 2.64. The highest BCUT2D eigenvalue weighted by molar-refractivity contribution is 6.39. The minimum Gasteiger partial charge on any atom is -0.461 e. The van der Waals surface area contributed by atoms with E-state index in [0.717, 1.165) is 0 Å². The Bertz CT molecular complexity index is 1050. The van der Waals surface area contributed by atoms with Crippen LogP contribution in [0.15, 0.2) is 36.7 Å². The summed E-state index contributed by atoms with van der Waals surface area (Å²) in [4.78, 5) is 19.3. The normalized spacial score (nSPS) is 11.4. The Kier molecular flexibility index (Phi) is 5.27. The molecule has 0 aliphatic carbocycles. The molecular formula is C19H13Cl2N3O2. The lowest BCUT2D eigenvalue weighted by molar-refractivity contribution is 0.0520. The molecule has 0 spiro atoms. The molecule has 0 bridgehead atoms. The lowest BCUT2D eigenvalue weighted by Gasteiger charge is -2.03. The number of hydrogen-bond acceptors (Lipinski definition) is 4. The minimum atomic E-state index is -0.533. The Morgan fingerprint density at radius 3 is 2.73 bits per heavy atom. The van der Waals surface area contributed by atoms with Gasteiger partial charge in [-0.05, 0) is 42.8 Å². The first-order chi connectivity index (χ1) is 12.5. The Morgan fingerprint density at radius 2 is 2.08 bits per heavy atom. The van der Waals surface area contributed by atoms with Gasteiger partial charge in [-0.25, -0.2) is 4.79 Å². The van der Waals surface area contributed by atoms with Crippen LogP contribution in [0.4, 0.5) is 0 Å². The maximum Gasteiger partial charge on any atom is 0.355 e. The molecule has 0 amide bonds. The summed E-state index contributed by atoms with van der Waals surface area (Å²) in [6.07, 6.45) is 4.80. The van der Waals surface area contributed by atoms with Crippen molar-refractivity contribution < 1.29 is 9.53 Å². The second-order valence-corrected chi connectivity index (χ2v) is 6.19. The van der Waals surface area contributed by atoms with Crippen LogP contribution in [0.2, 0.25) is 10.0 Å². The monoisotopic (exact) mass is 385 g/mol. The number of pyridine rings is 1. The minimum absolute atomic E-state index is 0.216. The molecule has 0 aliphatic rings. The second-order valence-electron chi connectivity index (χ2n) is 5.35. The quantitative estimate of drug-likeness (QED) is 0.499. The number of esters is 1. The Balaban J connectivity index is 2.29. The Morgan fingerprint density at radius 1 is 1.35 bits per heavy atom. The average Bonchev–Trinajstić information content (AvgIpc) is 2.99. The largest absolute Gasteiger partial charge is 0.461 e. The lowest BCUT2D eigenvalue weighted by atomic mass is 10.0. The third kappa shape index (κ3) is 3.43. The van der Waals surface area contributed by atoms with E-state index in [1.165, 1.54) is 0 Å². The molecule has 0 saturated heterocycles. The highest BCUT2D eigenvalue weighted by atomic mass is 35.5. The van der Waals surface area contributed by atoms with Gasteiger partial charge in [-0.1, -0.05) is 23.2 Å². The van der Waals surface area contributed by atoms with Gasteiger partial charge < -0.3 is 9.72 Å². The SMILES string of the molecule is CCOC(=O)c1[nH]c2cc(Cl)cc(Cl)c2c1/C=C(/C#N)c1ccncc1. The predicted molar refractivity (Wildman–Crippen MR) is 102 cm³/mol. The molecule has 1 N–H and O–H groups in total. The summed E-state index contributed by atoms with van der Waals surface area (Å²) in [5.41, 5.74) is 2.33. The molecule has 0 aliphatic heterocycles. The van der Waals surface area contributed by atoms with Crippen molar-refractivity contribution in [1.29, 1.82) is 5.26 Å². The fourth-order valence-corrected chi connectivity index (χ4v) is 3.23. The van der Waals surface area contributed by atoms with Crippen molar-refractivity contribution in [2.45, 2.75) is 6.92 Å². The summed E-state index contributed by atoms with van der Waals surface area (Å²) in [7, 11) is 0. The Labute approximate surface area is 159 Å².